The van der Waals surface area contributed by atoms with Crippen LogP contribution >= 0.6 is 0 Å². The predicted molar refractivity (Wildman–Crippen MR) is 103 cm³/mol. The summed E-state index contributed by atoms with van der Waals surface area (Å²) in [5.74, 6) is -0.0346. The molecule has 0 spiro atoms. The molecule has 7 heteroatoms. The average molecular weight is 394 g/mol. The highest BCUT2D eigenvalue weighted by molar-refractivity contribution is 5.87. The largest absolute Gasteiger partial charge is 0.493 e. The zero-order valence-corrected chi connectivity index (χ0v) is 17.5. The molecule has 156 valence electrons. The molecule has 0 saturated heterocycles. The van der Waals surface area contributed by atoms with Crippen molar-refractivity contribution in [2.75, 3.05) is 20.8 Å². The van der Waals surface area contributed by atoms with Crippen LogP contribution in [0.25, 0.3) is 0 Å². The number of methoxy groups -OCH3 is 2. The molecule has 1 aliphatic rings. The van der Waals surface area contributed by atoms with Crippen molar-refractivity contribution in [1.29, 1.82) is 0 Å². The van der Waals surface area contributed by atoms with E-state index >= 15 is 0 Å². The maximum absolute atomic E-state index is 13.3. The molecule has 0 amide bonds. The van der Waals surface area contributed by atoms with Gasteiger partial charge in [-0.25, -0.2) is 0 Å². The van der Waals surface area contributed by atoms with Gasteiger partial charge in [0.1, 0.15) is 11.0 Å². The molecule has 0 radical (unpaired) electrons. The van der Waals surface area contributed by atoms with Gasteiger partial charge in [-0.05, 0) is 57.4 Å². The molecular weight excluding hydrogens is 364 g/mol. The monoisotopic (exact) mass is 394 g/mol. The Morgan fingerprint density at radius 2 is 1.79 bits per heavy atom. The van der Waals surface area contributed by atoms with Crippen molar-refractivity contribution >= 4 is 11.9 Å². The number of esters is 2. The third-order valence-electron chi connectivity index (χ3n) is 4.86. The summed E-state index contributed by atoms with van der Waals surface area (Å²) >= 11 is 0. The summed E-state index contributed by atoms with van der Waals surface area (Å²) in [6.07, 6.45) is -0.733. The van der Waals surface area contributed by atoms with Crippen molar-refractivity contribution in [2.24, 2.45) is 0 Å². The number of aliphatic hydroxyl groups excluding tert-OH is 1. The van der Waals surface area contributed by atoms with Gasteiger partial charge in [-0.15, -0.1) is 0 Å². The van der Waals surface area contributed by atoms with E-state index in [1.165, 1.54) is 14.2 Å². The van der Waals surface area contributed by atoms with E-state index in [2.05, 4.69) is 0 Å². The highest BCUT2D eigenvalue weighted by atomic mass is 16.6. The minimum atomic E-state index is -1.38. The molecule has 0 aliphatic heterocycles. The Bertz CT molecular complexity index is 735. The number of rotatable bonds is 7. The number of aliphatic hydroxyl groups is 1. The Hall–Kier alpha value is -2.28. The molecule has 1 aromatic rings. The van der Waals surface area contributed by atoms with E-state index in [-0.39, 0.29) is 25.9 Å². The van der Waals surface area contributed by atoms with Crippen LogP contribution in [-0.4, -0.2) is 49.6 Å². The van der Waals surface area contributed by atoms with Gasteiger partial charge < -0.3 is 24.1 Å². The van der Waals surface area contributed by atoms with Gasteiger partial charge in [0, 0.05) is 12.8 Å². The molecule has 1 aromatic carbocycles. The first-order valence-corrected chi connectivity index (χ1v) is 9.41. The van der Waals surface area contributed by atoms with Gasteiger partial charge in [-0.1, -0.05) is 0 Å². The lowest BCUT2D eigenvalue weighted by molar-refractivity contribution is -0.167. The third-order valence-corrected chi connectivity index (χ3v) is 4.86. The Morgan fingerprint density at radius 3 is 2.32 bits per heavy atom. The van der Waals surface area contributed by atoms with Gasteiger partial charge in [-0.3, -0.25) is 9.59 Å². The van der Waals surface area contributed by atoms with Crippen molar-refractivity contribution in [3.05, 3.63) is 23.3 Å². The van der Waals surface area contributed by atoms with Crippen LogP contribution in [0.15, 0.2) is 12.1 Å². The first kappa shape index (κ1) is 22.0. The van der Waals surface area contributed by atoms with Gasteiger partial charge in [0.15, 0.2) is 11.5 Å². The number of carbonyl (C=O) groups is 2. The zero-order chi connectivity index (χ0) is 21.1. The normalized spacial score (nSPS) is 21.0. The zero-order valence-electron chi connectivity index (χ0n) is 17.5. The number of carbonyl (C=O) groups excluding carboxylic acids is 2. The summed E-state index contributed by atoms with van der Waals surface area (Å²) in [4.78, 5) is 25.3. The molecule has 28 heavy (non-hydrogen) atoms. The standard InChI is InChI=1S/C21H30O7/c1-7-27-18(23)8-9-21(19(24)28-20(2,3)4)14-12-16(26-6)15(25-5)10-13(14)11-17(21)22/h10,12,17,22H,7-9,11H2,1-6H3/t17-,21-/m1/s1. The van der Waals surface area contributed by atoms with Crippen LogP contribution in [0, 0.1) is 0 Å². The summed E-state index contributed by atoms with van der Waals surface area (Å²) in [6.45, 7) is 7.27. The van der Waals surface area contributed by atoms with Crippen LogP contribution < -0.4 is 9.47 Å². The topological polar surface area (TPSA) is 91.3 Å². The first-order chi connectivity index (χ1) is 13.1. The van der Waals surface area contributed by atoms with Crippen LogP contribution in [0.4, 0.5) is 0 Å². The lowest BCUT2D eigenvalue weighted by Crippen LogP contribution is -2.47. The van der Waals surface area contributed by atoms with Gasteiger partial charge in [0.25, 0.3) is 0 Å². The second-order valence-electron chi connectivity index (χ2n) is 7.86. The molecule has 1 aliphatic carbocycles. The number of hydrogen-bond donors (Lipinski definition) is 1. The molecule has 2 rings (SSSR count). The fourth-order valence-electron chi connectivity index (χ4n) is 3.62. The van der Waals surface area contributed by atoms with E-state index in [4.69, 9.17) is 18.9 Å². The molecule has 2 atom stereocenters. The molecule has 0 bridgehead atoms. The highest BCUT2D eigenvalue weighted by Crippen LogP contribution is 2.48. The summed E-state index contributed by atoms with van der Waals surface area (Å²) in [5, 5.41) is 11.0. The number of benzene rings is 1. The summed E-state index contributed by atoms with van der Waals surface area (Å²) in [7, 11) is 3.03. The smallest absolute Gasteiger partial charge is 0.319 e. The van der Waals surface area contributed by atoms with Crippen LogP contribution in [0.3, 0.4) is 0 Å². The quantitative estimate of drug-likeness (QED) is 0.711. The van der Waals surface area contributed by atoms with Crippen molar-refractivity contribution in [3.8, 4) is 11.5 Å². The Morgan fingerprint density at radius 1 is 1.18 bits per heavy atom. The van der Waals surface area contributed by atoms with Crippen molar-refractivity contribution < 1.29 is 33.6 Å². The fraction of sp³-hybridized carbons (Fsp3) is 0.619. The Balaban J connectivity index is 2.55. The van der Waals surface area contributed by atoms with E-state index in [1.807, 2.05) is 0 Å². The van der Waals surface area contributed by atoms with E-state index in [0.717, 1.165) is 5.56 Å². The number of hydrogen-bond acceptors (Lipinski definition) is 7. The van der Waals surface area contributed by atoms with E-state index in [0.29, 0.717) is 17.1 Å². The number of fused-ring (bicyclic) bond motifs is 1. The van der Waals surface area contributed by atoms with Crippen LogP contribution in [0.1, 0.15) is 51.7 Å². The van der Waals surface area contributed by atoms with E-state index in [1.54, 1.807) is 39.8 Å². The molecule has 0 unspecified atom stereocenters. The fourth-order valence-corrected chi connectivity index (χ4v) is 3.62. The van der Waals surface area contributed by atoms with Crippen molar-refractivity contribution in [2.45, 2.75) is 64.1 Å². The Kier molecular flexibility index (Phi) is 6.59. The molecule has 0 saturated carbocycles. The summed E-state index contributed by atoms with van der Waals surface area (Å²) in [6, 6.07) is 3.45. The van der Waals surface area contributed by atoms with Crippen LogP contribution in [0.2, 0.25) is 0 Å². The third kappa shape index (κ3) is 4.24. The van der Waals surface area contributed by atoms with Gasteiger partial charge in [-0.2, -0.15) is 0 Å². The second kappa shape index (κ2) is 8.39. The molecule has 0 heterocycles. The molecule has 7 nitrogen and oxygen atoms in total. The summed E-state index contributed by atoms with van der Waals surface area (Å²) in [5.41, 5.74) is -0.766. The summed E-state index contributed by atoms with van der Waals surface area (Å²) < 4.78 is 21.4. The molecule has 0 aromatic heterocycles. The maximum Gasteiger partial charge on any atom is 0.319 e. The SMILES string of the molecule is CCOC(=O)CC[C@@]1(C(=O)OC(C)(C)C)c2cc(OC)c(OC)cc2C[C@H]1O. The molecular formula is C21H30O7. The minimum Gasteiger partial charge on any atom is -0.493 e. The van der Waals surface area contributed by atoms with Crippen molar-refractivity contribution in [1.82, 2.24) is 0 Å². The lowest BCUT2D eigenvalue weighted by atomic mass is 9.75. The maximum atomic E-state index is 13.3. The van der Waals surface area contributed by atoms with E-state index in [9.17, 15) is 14.7 Å². The molecule has 1 N–H and O–H groups in total. The number of ether oxygens (including phenoxy) is 4. The molecule has 0 fully saturated rings. The van der Waals surface area contributed by atoms with Gasteiger partial charge >= 0.3 is 11.9 Å². The lowest BCUT2D eigenvalue weighted by Gasteiger charge is -2.34. The van der Waals surface area contributed by atoms with E-state index < -0.39 is 29.1 Å². The van der Waals surface area contributed by atoms with Crippen molar-refractivity contribution in [3.63, 3.8) is 0 Å². The van der Waals surface area contributed by atoms with Gasteiger partial charge in [0.2, 0.25) is 0 Å². The highest BCUT2D eigenvalue weighted by Gasteiger charge is 2.54. The Labute approximate surface area is 165 Å². The minimum absolute atomic E-state index is 0.0159. The van der Waals surface area contributed by atoms with Crippen LogP contribution in [-0.2, 0) is 30.9 Å². The predicted octanol–water partition coefficient (Wildman–Crippen LogP) is 2.54. The van der Waals surface area contributed by atoms with Gasteiger partial charge in [0.05, 0.1) is 26.9 Å². The first-order valence-electron chi connectivity index (χ1n) is 9.41. The second-order valence-corrected chi connectivity index (χ2v) is 7.86. The van der Waals surface area contributed by atoms with Crippen LogP contribution in [0.5, 0.6) is 11.5 Å². The average Bonchev–Trinajstić information content (AvgIpc) is 2.88.